The molecule has 0 N–H and O–H groups in total. The highest BCUT2D eigenvalue weighted by molar-refractivity contribution is 5.38. The summed E-state index contributed by atoms with van der Waals surface area (Å²) in [5.41, 5.74) is 1.24. The lowest BCUT2D eigenvalue weighted by molar-refractivity contribution is 0.299. The van der Waals surface area contributed by atoms with Gasteiger partial charge in [0, 0.05) is 12.1 Å². The minimum atomic E-state index is 0.357. The topological polar surface area (TPSA) is 69.7 Å². The first-order valence-electron chi connectivity index (χ1n) is 4.65. The number of pyridine rings is 1. The summed E-state index contributed by atoms with van der Waals surface area (Å²) in [6, 6.07) is 7.49. The molecule has 76 valence electrons. The van der Waals surface area contributed by atoms with Crippen LogP contribution in [0.3, 0.4) is 0 Å². The fourth-order valence-corrected chi connectivity index (χ4v) is 1.05. The van der Waals surface area contributed by atoms with Crippen LogP contribution in [-0.2, 0) is 0 Å². The summed E-state index contributed by atoms with van der Waals surface area (Å²) < 4.78 is 5.33. The molecule has 0 aliphatic carbocycles. The molecule has 0 saturated carbocycles. The third-order valence-corrected chi connectivity index (χ3v) is 1.79. The molecule has 1 heterocycles. The van der Waals surface area contributed by atoms with Crippen LogP contribution in [0.1, 0.15) is 24.1 Å². The lowest BCUT2D eigenvalue weighted by Crippen LogP contribution is -2.01. The monoisotopic (exact) mass is 201 g/mol. The van der Waals surface area contributed by atoms with E-state index in [4.69, 9.17) is 15.3 Å². The molecular weight excluding hydrogens is 190 g/mol. The Bertz CT molecular complexity index is 415. The Morgan fingerprint density at radius 2 is 2.20 bits per heavy atom. The Hall–Kier alpha value is -2.07. The number of aromatic nitrogens is 1. The number of nitrogens with zero attached hydrogens (tertiary/aromatic N) is 3. The zero-order valence-corrected chi connectivity index (χ0v) is 8.53. The SMILES string of the molecule is Cc1ccc(C#N)c(OCCCC#N)n1. The Morgan fingerprint density at radius 3 is 2.87 bits per heavy atom. The van der Waals surface area contributed by atoms with Crippen molar-refractivity contribution < 1.29 is 4.74 Å². The van der Waals surface area contributed by atoms with E-state index in [0.29, 0.717) is 30.9 Å². The van der Waals surface area contributed by atoms with Gasteiger partial charge in [-0.25, -0.2) is 4.98 Å². The Morgan fingerprint density at radius 1 is 1.40 bits per heavy atom. The number of nitriles is 2. The number of ether oxygens (including phenoxy) is 1. The van der Waals surface area contributed by atoms with E-state index >= 15 is 0 Å². The summed E-state index contributed by atoms with van der Waals surface area (Å²) in [6.45, 7) is 2.25. The third kappa shape index (κ3) is 3.28. The average molecular weight is 201 g/mol. The molecule has 1 rings (SSSR count). The second-order valence-corrected chi connectivity index (χ2v) is 3.03. The van der Waals surface area contributed by atoms with E-state index in [0.717, 1.165) is 5.69 Å². The molecule has 1 aromatic rings. The van der Waals surface area contributed by atoms with E-state index in [-0.39, 0.29) is 0 Å². The van der Waals surface area contributed by atoms with Crippen molar-refractivity contribution in [2.24, 2.45) is 0 Å². The van der Waals surface area contributed by atoms with Gasteiger partial charge in [0.25, 0.3) is 0 Å². The minimum absolute atomic E-state index is 0.357. The fraction of sp³-hybridized carbons (Fsp3) is 0.364. The van der Waals surface area contributed by atoms with Crippen molar-refractivity contribution >= 4 is 0 Å². The van der Waals surface area contributed by atoms with Crippen LogP contribution in [0.25, 0.3) is 0 Å². The lowest BCUT2D eigenvalue weighted by atomic mass is 10.2. The van der Waals surface area contributed by atoms with Crippen molar-refractivity contribution in [2.45, 2.75) is 19.8 Å². The van der Waals surface area contributed by atoms with Crippen LogP contribution in [0.2, 0.25) is 0 Å². The summed E-state index contributed by atoms with van der Waals surface area (Å²) in [5.74, 6) is 0.357. The average Bonchev–Trinajstić information content (AvgIpc) is 2.25. The highest BCUT2D eigenvalue weighted by Crippen LogP contribution is 2.15. The Balaban J connectivity index is 2.64. The molecule has 1 aromatic heterocycles. The first-order valence-corrected chi connectivity index (χ1v) is 4.65. The normalized spacial score (nSPS) is 9.00. The molecule has 0 atom stereocenters. The maximum absolute atomic E-state index is 8.79. The summed E-state index contributed by atoms with van der Waals surface area (Å²) in [5, 5.41) is 17.1. The number of hydrogen-bond acceptors (Lipinski definition) is 4. The van der Waals surface area contributed by atoms with Gasteiger partial charge < -0.3 is 4.74 Å². The van der Waals surface area contributed by atoms with E-state index in [1.165, 1.54) is 0 Å². The van der Waals surface area contributed by atoms with Crippen LogP contribution in [0, 0.1) is 29.6 Å². The quantitative estimate of drug-likeness (QED) is 0.698. The van der Waals surface area contributed by atoms with Gasteiger partial charge in [-0.3, -0.25) is 0 Å². The van der Waals surface area contributed by atoms with Gasteiger partial charge in [0.15, 0.2) is 0 Å². The van der Waals surface area contributed by atoms with Crippen molar-refractivity contribution in [3.05, 3.63) is 23.4 Å². The highest BCUT2D eigenvalue weighted by atomic mass is 16.5. The maximum atomic E-state index is 8.79. The van der Waals surface area contributed by atoms with E-state index in [2.05, 4.69) is 4.98 Å². The predicted molar refractivity (Wildman–Crippen MR) is 54.0 cm³/mol. The van der Waals surface area contributed by atoms with Crippen LogP contribution in [0.5, 0.6) is 5.88 Å². The zero-order chi connectivity index (χ0) is 11.1. The van der Waals surface area contributed by atoms with Gasteiger partial charge in [0.1, 0.15) is 11.6 Å². The number of aryl methyl sites for hydroxylation is 1. The molecule has 0 aliphatic rings. The number of rotatable bonds is 4. The minimum Gasteiger partial charge on any atom is -0.477 e. The van der Waals surface area contributed by atoms with E-state index in [1.807, 2.05) is 19.1 Å². The molecule has 0 aliphatic heterocycles. The number of unbranched alkanes of at least 4 members (excludes halogenated alkanes) is 1. The first kappa shape index (κ1) is 11.0. The van der Waals surface area contributed by atoms with Crippen molar-refractivity contribution in [1.29, 1.82) is 10.5 Å². The molecule has 15 heavy (non-hydrogen) atoms. The molecule has 0 fully saturated rings. The molecule has 0 unspecified atom stereocenters. The highest BCUT2D eigenvalue weighted by Gasteiger charge is 2.04. The van der Waals surface area contributed by atoms with Crippen molar-refractivity contribution in [1.82, 2.24) is 4.98 Å². The molecule has 0 bridgehead atoms. The van der Waals surface area contributed by atoms with Crippen LogP contribution in [-0.4, -0.2) is 11.6 Å². The van der Waals surface area contributed by atoms with Crippen LogP contribution >= 0.6 is 0 Å². The summed E-state index contributed by atoms with van der Waals surface area (Å²) in [6.07, 6.45) is 1.10. The van der Waals surface area contributed by atoms with Gasteiger partial charge in [-0.1, -0.05) is 0 Å². The van der Waals surface area contributed by atoms with Crippen molar-refractivity contribution in [3.63, 3.8) is 0 Å². The standard InChI is InChI=1S/C11H11N3O/c1-9-4-5-10(8-13)11(14-9)15-7-3-2-6-12/h4-5H,2-3,7H2,1H3. The zero-order valence-electron chi connectivity index (χ0n) is 8.53. The number of hydrogen-bond donors (Lipinski definition) is 0. The Labute approximate surface area is 88.7 Å². The van der Waals surface area contributed by atoms with Crippen LogP contribution in [0.15, 0.2) is 12.1 Å². The molecular formula is C11H11N3O. The van der Waals surface area contributed by atoms with Gasteiger partial charge in [-0.2, -0.15) is 10.5 Å². The summed E-state index contributed by atoms with van der Waals surface area (Å²) in [4.78, 5) is 4.11. The lowest BCUT2D eigenvalue weighted by Gasteiger charge is -2.05. The second-order valence-electron chi connectivity index (χ2n) is 3.03. The molecule has 0 spiro atoms. The van der Waals surface area contributed by atoms with E-state index in [1.54, 1.807) is 12.1 Å². The van der Waals surface area contributed by atoms with Crippen molar-refractivity contribution in [3.8, 4) is 18.0 Å². The second kappa shape index (κ2) is 5.62. The fourth-order valence-electron chi connectivity index (χ4n) is 1.05. The third-order valence-electron chi connectivity index (χ3n) is 1.79. The van der Waals surface area contributed by atoms with E-state index in [9.17, 15) is 0 Å². The van der Waals surface area contributed by atoms with Gasteiger partial charge in [0.2, 0.25) is 5.88 Å². The van der Waals surface area contributed by atoms with Crippen LogP contribution in [0.4, 0.5) is 0 Å². The van der Waals surface area contributed by atoms with Gasteiger partial charge in [-0.05, 0) is 25.5 Å². The smallest absolute Gasteiger partial charge is 0.231 e. The van der Waals surface area contributed by atoms with Gasteiger partial charge >= 0.3 is 0 Å². The molecule has 0 radical (unpaired) electrons. The molecule has 0 aromatic carbocycles. The molecule has 0 amide bonds. The first-order chi connectivity index (χ1) is 7.27. The summed E-state index contributed by atoms with van der Waals surface area (Å²) >= 11 is 0. The predicted octanol–water partition coefficient (Wildman–Crippen LogP) is 1.94. The summed E-state index contributed by atoms with van der Waals surface area (Å²) in [7, 11) is 0. The molecule has 4 nitrogen and oxygen atoms in total. The van der Waals surface area contributed by atoms with Gasteiger partial charge in [0.05, 0.1) is 12.7 Å². The van der Waals surface area contributed by atoms with E-state index < -0.39 is 0 Å². The molecule has 4 heteroatoms. The van der Waals surface area contributed by atoms with Gasteiger partial charge in [-0.15, -0.1) is 0 Å². The maximum Gasteiger partial charge on any atom is 0.231 e. The van der Waals surface area contributed by atoms with Crippen molar-refractivity contribution in [2.75, 3.05) is 6.61 Å². The Kier molecular flexibility index (Phi) is 4.12. The molecule has 0 saturated heterocycles. The largest absolute Gasteiger partial charge is 0.477 e. The van der Waals surface area contributed by atoms with Crippen LogP contribution < -0.4 is 4.74 Å².